The Kier molecular flexibility index (Phi) is 4.36. The minimum absolute atomic E-state index is 0.0214. The highest BCUT2D eigenvalue weighted by atomic mass is 16.5. The van der Waals surface area contributed by atoms with Crippen LogP contribution in [0.3, 0.4) is 0 Å². The van der Waals surface area contributed by atoms with Crippen LogP contribution in [0.25, 0.3) is 0 Å². The molecule has 1 aromatic carbocycles. The van der Waals surface area contributed by atoms with Crippen LogP contribution in [0.15, 0.2) is 18.2 Å². The molecule has 8 heteroatoms. The predicted molar refractivity (Wildman–Crippen MR) is 73.2 cm³/mol. The predicted octanol–water partition coefficient (Wildman–Crippen LogP) is 1.53. The molecule has 21 heavy (non-hydrogen) atoms. The number of nitrogens with two attached hydrogens (primary N) is 1. The third-order valence-corrected chi connectivity index (χ3v) is 2.34. The fraction of sp³-hybridized carbons (Fsp3) is 0.231. The summed E-state index contributed by atoms with van der Waals surface area (Å²) in [5.74, 6) is 0.807. The lowest BCUT2D eigenvalue weighted by atomic mass is 10.2. The van der Waals surface area contributed by atoms with E-state index in [0.29, 0.717) is 23.7 Å². The van der Waals surface area contributed by atoms with Crippen molar-refractivity contribution < 1.29 is 14.2 Å². The summed E-state index contributed by atoms with van der Waals surface area (Å²) in [6.07, 6.45) is 0. The Balaban J connectivity index is 2.31. The number of nitrogen functional groups attached to an aromatic ring is 1. The molecule has 8 nitrogen and oxygen atoms in total. The summed E-state index contributed by atoms with van der Waals surface area (Å²) < 4.78 is 15.7. The number of hydrogen-bond donors (Lipinski definition) is 1. The van der Waals surface area contributed by atoms with E-state index >= 15 is 0 Å². The van der Waals surface area contributed by atoms with Crippen molar-refractivity contribution in [3.63, 3.8) is 0 Å². The third-order valence-electron chi connectivity index (χ3n) is 2.34. The van der Waals surface area contributed by atoms with E-state index < -0.39 is 0 Å². The van der Waals surface area contributed by atoms with Gasteiger partial charge in [-0.25, -0.2) is 0 Å². The zero-order valence-electron chi connectivity index (χ0n) is 11.5. The monoisotopic (exact) mass is 287 g/mol. The van der Waals surface area contributed by atoms with E-state index in [-0.39, 0.29) is 18.0 Å². The maximum atomic E-state index is 8.96. The van der Waals surface area contributed by atoms with Gasteiger partial charge in [0, 0.05) is 6.07 Å². The van der Waals surface area contributed by atoms with Crippen molar-refractivity contribution in [2.24, 2.45) is 0 Å². The summed E-state index contributed by atoms with van der Waals surface area (Å²) >= 11 is 0. The number of ether oxygens (including phenoxy) is 3. The van der Waals surface area contributed by atoms with Crippen LogP contribution in [-0.2, 0) is 0 Å². The van der Waals surface area contributed by atoms with E-state index in [2.05, 4.69) is 15.0 Å². The van der Waals surface area contributed by atoms with Gasteiger partial charge < -0.3 is 19.9 Å². The molecule has 0 bridgehead atoms. The number of hydrogen-bond acceptors (Lipinski definition) is 8. The highest BCUT2D eigenvalue weighted by Crippen LogP contribution is 2.26. The zero-order valence-corrected chi connectivity index (χ0v) is 11.5. The summed E-state index contributed by atoms with van der Waals surface area (Å²) in [7, 11) is 1.49. The molecule has 0 fully saturated rings. The molecule has 1 heterocycles. The topological polar surface area (TPSA) is 116 Å². The van der Waals surface area contributed by atoms with E-state index in [1.807, 2.05) is 6.07 Å². The van der Waals surface area contributed by atoms with Crippen molar-refractivity contribution in [3.8, 4) is 29.6 Å². The van der Waals surface area contributed by atoms with Gasteiger partial charge in [-0.3, -0.25) is 0 Å². The van der Waals surface area contributed by atoms with Crippen LogP contribution in [0.1, 0.15) is 12.5 Å². The van der Waals surface area contributed by atoms with Crippen LogP contribution in [-0.4, -0.2) is 28.7 Å². The molecule has 0 amide bonds. The summed E-state index contributed by atoms with van der Waals surface area (Å²) in [6, 6.07) is 6.77. The highest BCUT2D eigenvalue weighted by Gasteiger charge is 2.09. The van der Waals surface area contributed by atoms with Gasteiger partial charge in [0.1, 0.15) is 11.5 Å². The first-order chi connectivity index (χ1) is 10.1. The first-order valence-electron chi connectivity index (χ1n) is 6.06. The Bertz CT molecular complexity index is 684. The molecule has 0 aliphatic heterocycles. The number of aromatic nitrogens is 3. The quantitative estimate of drug-likeness (QED) is 0.879. The Labute approximate surface area is 121 Å². The van der Waals surface area contributed by atoms with Gasteiger partial charge in [0.2, 0.25) is 5.95 Å². The standard InChI is InChI=1S/C13H13N5O3/c1-3-20-12-16-11(15)17-13(18-12)21-10-5-8(7-14)4-9(6-10)19-2/h4-6H,3H2,1-2H3,(H2,15,16,17,18). The van der Waals surface area contributed by atoms with Gasteiger partial charge in [-0.15, -0.1) is 4.98 Å². The molecular weight excluding hydrogens is 274 g/mol. The normalized spacial score (nSPS) is 9.76. The summed E-state index contributed by atoms with van der Waals surface area (Å²) in [6.45, 7) is 2.18. The molecule has 1 aromatic heterocycles. The Hall–Kier alpha value is -3.08. The number of benzene rings is 1. The second-order valence-corrected chi connectivity index (χ2v) is 3.80. The fourth-order valence-corrected chi connectivity index (χ4v) is 1.51. The average molecular weight is 287 g/mol. The number of nitrogens with zero attached hydrogens (tertiary/aromatic N) is 4. The van der Waals surface area contributed by atoms with Gasteiger partial charge in [0.15, 0.2) is 0 Å². The number of rotatable bonds is 5. The van der Waals surface area contributed by atoms with Crippen molar-refractivity contribution in [1.29, 1.82) is 5.26 Å². The fourth-order valence-electron chi connectivity index (χ4n) is 1.51. The van der Waals surface area contributed by atoms with Crippen molar-refractivity contribution in [3.05, 3.63) is 23.8 Å². The second kappa shape index (κ2) is 6.38. The minimum Gasteiger partial charge on any atom is -0.497 e. The molecule has 0 saturated heterocycles. The SMILES string of the molecule is CCOc1nc(N)nc(Oc2cc(C#N)cc(OC)c2)n1. The molecule has 0 radical (unpaired) electrons. The van der Waals surface area contributed by atoms with E-state index in [9.17, 15) is 0 Å². The largest absolute Gasteiger partial charge is 0.497 e. The Morgan fingerprint density at radius 2 is 1.86 bits per heavy atom. The maximum Gasteiger partial charge on any atom is 0.330 e. The number of nitriles is 1. The molecule has 0 spiro atoms. The number of methoxy groups -OCH3 is 1. The first kappa shape index (κ1) is 14.3. The lowest BCUT2D eigenvalue weighted by Crippen LogP contribution is -2.04. The Morgan fingerprint density at radius 1 is 1.14 bits per heavy atom. The van der Waals surface area contributed by atoms with Gasteiger partial charge in [0.25, 0.3) is 0 Å². The average Bonchev–Trinajstić information content (AvgIpc) is 2.46. The molecule has 2 rings (SSSR count). The minimum atomic E-state index is -0.0249. The van der Waals surface area contributed by atoms with Crippen LogP contribution >= 0.6 is 0 Å². The summed E-state index contributed by atoms with van der Waals surface area (Å²) in [5, 5.41) is 8.96. The van der Waals surface area contributed by atoms with Crippen LogP contribution in [0.2, 0.25) is 0 Å². The van der Waals surface area contributed by atoms with Crippen molar-refractivity contribution in [2.45, 2.75) is 6.92 Å². The molecule has 0 saturated carbocycles. The van der Waals surface area contributed by atoms with E-state index in [1.165, 1.54) is 13.2 Å². The first-order valence-corrected chi connectivity index (χ1v) is 6.06. The lowest BCUT2D eigenvalue weighted by Gasteiger charge is -2.08. The van der Waals surface area contributed by atoms with E-state index in [1.54, 1.807) is 19.1 Å². The molecule has 0 unspecified atom stereocenters. The summed E-state index contributed by atoms with van der Waals surface area (Å²) in [5.41, 5.74) is 5.94. The molecular formula is C13H13N5O3. The van der Waals surface area contributed by atoms with Crippen LogP contribution in [0.5, 0.6) is 23.5 Å². The lowest BCUT2D eigenvalue weighted by molar-refractivity contribution is 0.304. The van der Waals surface area contributed by atoms with Crippen LogP contribution in [0.4, 0.5) is 5.95 Å². The van der Waals surface area contributed by atoms with Crippen molar-refractivity contribution in [1.82, 2.24) is 15.0 Å². The maximum absolute atomic E-state index is 8.96. The number of anilines is 1. The van der Waals surface area contributed by atoms with Crippen LogP contribution < -0.4 is 19.9 Å². The molecule has 2 N–H and O–H groups in total. The van der Waals surface area contributed by atoms with Crippen molar-refractivity contribution in [2.75, 3.05) is 19.5 Å². The zero-order chi connectivity index (χ0) is 15.2. The van der Waals surface area contributed by atoms with Gasteiger partial charge in [0.05, 0.1) is 25.3 Å². The molecule has 0 atom stereocenters. The van der Waals surface area contributed by atoms with E-state index in [0.717, 1.165) is 0 Å². The Morgan fingerprint density at radius 3 is 2.52 bits per heavy atom. The summed E-state index contributed by atoms with van der Waals surface area (Å²) in [4.78, 5) is 11.6. The second-order valence-electron chi connectivity index (χ2n) is 3.80. The van der Waals surface area contributed by atoms with Gasteiger partial charge >= 0.3 is 12.0 Å². The molecule has 0 aliphatic carbocycles. The molecule has 0 aliphatic rings. The van der Waals surface area contributed by atoms with E-state index in [4.69, 9.17) is 25.2 Å². The van der Waals surface area contributed by atoms with Crippen LogP contribution in [0, 0.1) is 11.3 Å². The van der Waals surface area contributed by atoms with Gasteiger partial charge in [-0.2, -0.15) is 15.2 Å². The van der Waals surface area contributed by atoms with Gasteiger partial charge in [-0.05, 0) is 19.1 Å². The third kappa shape index (κ3) is 3.70. The smallest absolute Gasteiger partial charge is 0.330 e. The molecule has 108 valence electrons. The molecule has 2 aromatic rings. The van der Waals surface area contributed by atoms with Crippen molar-refractivity contribution >= 4 is 5.95 Å². The van der Waals surface area contributed by atoms with Gasteiger partial charge in [-0.1, -0.05) is 0 Å². The highest BCUT2D eigenvalue weighted by molar-refractivity contribution is 5.44.